The van der Waals surface area contributed by atoms with E-state index in [1.165, 1.54) is 17.4 Å². The molecular weight excluding hydrogens is 352 g/mol. The first kappa shape index (κ1) is 18.3. The Morgan fingerprint density at radius 2 is 1.81 bits per heavy atom. The van der Waals surface area contributed by atoms with Crippen LogP contribution in [0.3, 0.4) is 0 Å². The van der Waals surface area contributed by atoms with Crippen LogP contribution in [-0.2, 0) is 9.59 Å². The molecule has 2 amide bonds. The van der Waals surface area contributed by atoms with Crippen LogP contribution < -0.4 is 16.0 Å². The number of nitrogens with zero attached hydrogens (tertiary/aromatic N) is 1. The molecule has 0 spiro atoms. The molecule has 2 aliphatic carbocycles. The molecule has 2 saturated carbocycles. The van der Waals surface area contributed by atoms with Crippen LogP contribution in [-0.4, -0.2) is 30.4 Å². The fourth-order valence-corrected chi connectivity index (χ4v) is 5.12. The van der Waals surface area contributed by atoms with Gasteiger partial charge in [-0.25, -0.2) is 8.78 Å². The van der Waals surface area contributed by atoms with Gasteiger partial charge in [0.05, 0.1) is 0 Å². The standard InChI is InChI=1S/C20H25F2N3O2/c21-16-5-4-14(10-17(16)22)25-7-6-15(20(25)27)19(26)24-18-11-2-1-3-12(18)9-13(23)8-11/h4-5,10-13,15,18H,1-3,6-9,23H2,(H,24,26). The molecule has 146 valence electrons. The molecule has 3 unspecified atom stereocenters. The summed E-state index contributed by atoms with van der Waals surface area (Å²) in [5, 5.41) is 3.13. The van der Waals surface area contributed by atoms with Crippen molar-refractivity contribution in [2.75, 3.05) is 11.4 Å². The van der Waals surface area contributed by atoms with E-state index in [-0.39, 0.29) is 29.6 Å². The number of hydrogen-bond donors (Lipinski definition) is 2. The van der Waals surface area contributed by atoms with Crippen molar-refractivity contribution in [3.63, 3.8) is 0 Å². The lowest BCUT2D eigenvalue weighted by Gasteiger charge is -2.45. The monoisotopic (exact) mass is 377 g/mol. The molecule has 0 radical (unpaired) electrons. The Bertz CT molecular complexity index is 743. The number of anilines is 1. The van der Waals surface area contributed by atoms with Gasteiger partial charge in [-0.15, -0.1) is 0 Å². The maximum atomic E-state index is 13.5. The Morgan fingerprint density at radius 3 is 2.48 bits per heavy atom. The Hall–Kier alpha value is -2.02. The number of nitrogens with two attached hydrogens (primary N) is 1. The summed E-state index contributed by atoms with van der Waals surface area (Å²) in [6.45, 7) is 0.324. The van der Waals surface area contributed by atoms with Crippen LogP contribution in [0.1, 0.15) is 38.5 Å². The first-order chi connectivity index (χ1) is 12.9. The third-order valence-corrected chi connectivity index (χ3v) is 6.42. The van der Waals surface area contributed by atoms with Gasteiger partial charge in [0.2, 0.25) is 11.8 Å². The molecule has 5 nitrogen and oxygen atoms in total. The van der Waals surface area contributed by atoms with Crippen molar-refractivity contribution >= 4 is 17.5 Å². The molecule has 3 fully saturated rings. The lowest BCUT2D eigenvalue weighted by atomic mass is 9.67. The zero-order valence-corrected chi connectivity index (χ0v) is 15.2. The van der Waals surface area contributed by atoms with Gasteiger partial charge < -0.3 is 16.0 Å². The summed E-state index contributed by atoms with van der Waals surface area (Å²) < 4.78 is 26.6. The minimum absolute atomic E-state index is 0.0937. The first-order valence-corrected chi connectivity index (χ1v) is 9.76. The lowest BCUT2D eigenvalue weighted by molar-refractivity contribution is -0.133. The Morgan fingerprint density at radius 1 is 1.11 bits per heavy atom. The van der Waals surface area contributed by atoms with Gasteiger partial charge in [-0.1, -0.05) is 6.42 Å². The van der Waals surface area contributed by atoms with Crippen LogP contribution in [0.2, 0.25) is 0 Å². The van der Waals surface area contributed by atoms with Crippen molar-refractivity contribution < 1.29 is 18.4 Å². The predicted molar refractivity (Wildman–Crippen MR) is 96.8 cm³/mol. The zero-order valence-electron chi connectivity index (χ0n) is 15.2. The van der Waals surface area contributed by atoms with Crippen molar-refractivity contribution in [3.05, 3.63) is 29.8 Å². The van der Waals surface area contributed by atoms with Gasteiger partial charge in [0, 0.05) is 30.4 Å². The summed E-state index contributed by atoms with van der Waals surface area (Å²) in [5.41, 5.74) is 6.42. The minimum atomic E-state index is -1.00. The average molecular weight is 377 g/mol. The second kappa shape index (κ2) is 7.19. The molecule has 1 aromatic rings. The number of halogens is 2. The highest BCUT2D eigenvalue weighted by Gasteiger charge is 2.43. The van der Waals surface area contributed by atoms with E-state index in [9.17, 15) is 18.4 Å². The summed E-state index contributed by atoms with van der Waals surface area (Å²) in [6, 6.07) is 3.66. The molecule has 3 aliphatic rings. The Kier molecular flexibility index (Phi) is 4.88. The van der Waals surface area contributed by atoms with E-state index in [0.717, 1.165) is 37.8 Å². The summed E-state index contributed by atoms with van der Waals surface area (Å²) in [5.74, 6) is -2.56. The average Bonchev–Trinajstić information content (AvgIpc) is 3.00. The van der Waals surface area contributed by atoms with Gasteiger partial charge >= 0.3 is 0 Å². The van der Waals surface area contributed by atoms with E-state index in [4.69, 9.17) is 5.73 Å². The molecule has 3 N–H and O–H groups in total. The van der Waals surface area contributed by atoms with Crippen LogP contribution >= 0.6 is 0 Å². The van der Waals surface area contributed by atoms with Crippen molar-refractivity contribution in [1.82, 2.24) is 5.32 Å². The molecule has 0 aromatic heterocycles. The maximum Gasteiger partial charge on any atom is 0.239 e. The molecule has 27 heavy (non-hydrogen) atoms. The molecule has 1 aliphatic heterocycles. The SMILES string of the molecule is NC1CC2CCCC(C1)C2NC(=O)C1CCN(c2ccc(F)c(F)c2)C1=O. The normalized spacial score (nSPS) is 33.2. The van der Waals surface area contributed by atoms with Gasteiger partial charge in [0.1, 0.15) is 5.92 Å². The largest absolute Gasteiger partial charge is 0.352 e. The Balaban J connectivity index is 1.44. The number of benzene rings is 1. The fraction of sp³-hybridized carbons (Fsp3) is 0.600. The second-order valence-electron chi connectivity index (χ2n) is 8.15. The van der Waals surface area contributed by atoms with Gasteiger partial charge in [-0.2, -0.15) is 0 Å². The summed E-state index contributed by atoms with van der Waals surface area (Å²) in [7, 11) is 0. The highest BCUT2D eigenvalue weighted by atomic mass is 19.2. The molecule has 1 saturated heterocycles. The summed E-state index contributed by atoms with van der Waals surface area (Å²) in [4.78, 5) is 26.9. The fourth-order valence-electron chi connectivity index (χ4n) is 5.12. The molecular formula is C20H25F2N3O2. The minimum Gasteiger partial charge on any atom is -0.352 e. The van der Waals surface area contributed by atoms with Crippen LogP contribution in [0.5, 0.6) is 0 Å². The number of amides is 2. The topological polar surface area (TPSA) is 75.4 Å². The van der Waals surface area contributed by atoms with E-state index < -0.39 is 17.6 Å². The quantitative estimate of drug-likeness (QED) is 0.794. The van der Waals surface area contributed by atoms with Crippen LogP contribution in [0.25, 0.3) is 0 Å². The van der Waals surface area contributed by atoms with E-state index >= 15 is 0 Å². The van der Waals surface area contributed by atoms with Gasteiger partial charge in [0.25, 0.3) is 0 Å². The van der Waals surface area contributed by atoms with Crippen molar-refractivity contribution in [2.45, 2.75) is 50.6 Å². The van der Waals surface area contributed by atoms with Crippen molar-refractivity contribution in [3.8, 4) is 0 Å². The lowest BCUT2D eigenvalue weighted by Crippen LogP contribution is -2.55. The van der Waals surface area contributed by atoms with Crippen molar-refractivity contribution in [2.24, 2.45) is 23.5 Å². The molecule has 3 atom stereocenters. The highest BCUT2D eigenvalue weighted by Crippen LogP contribution is 2.40. The van der Waals surface area contributed by atoms with Crippen LogP contribution in [0.15, 0.2) is 18.2 Å². The number of hydrogen-bond acceptors (Lipinski definition) is 3. The summed E-state index contributed by atoms with van der Waals surface area (Å²) >= 11 is 0. The number of rotatable bonds is 3. The second-order valence-corrected chi connectivity index (χ2v) is 8.15. The molecule has 1 heterocycles. The number of nitrogens with one attached hydrogen (secondary N) is 1. The smallest absolute Gasteiger partial charge is 0.239 e. The van der Waals surface area contributed by atoms with E-state index in [1.54, 1.807) is 0 Å². The molecule has 1 aromatic carbocycles. The van der Waals surface area contributed by atoms with E-state index in [1.807, 2.05) is 0 Å². The maximum absolute atomic E-state index is 13.5. The Labute approximate surface area is 157 Å². The number of carbonyl (C=O) groups excluding carboxylic acids is 2. The predicted octanol–water partition coefficient (Wildman–Crippen LogP) is 2.34. The van der Waals surface area contributed by atoms with Crippen molar-refractivity contribution in [1.29, 1.82) is 0 Å². The molecule has 2 bridgehead atoms. The van der Waals surface area contributed by atoms with Crippen LogP contribution in [0, 0.1) is 29.4 Å². The van der Waals surface area contributed by atoms with E-state index in [0.29, 0.717) is 24.8 Å². The molecule has 7 heteroatoms. The summed E-state index contributed by atoms with van der Waals surface area (Å²) in [6.07, 6.45) is 5.51. The van der Waals surface area contributed by atoms with Gasteiger partial charge in [-0.3, -0.25) is 9.59 Å². The van der Waals surface area contributed by atoms with E-state index in [2.05, 4.69) is 5.32 Å². The number of fused-ring (bicyclic) bond motifs is 2. The third kappa shape index (κ3) is 3.45. The number of carbonyl (C=O) groups is 2. The molecule has 4 rings (SSSR count). The van der Waals surface area contributed by atoms with Gasteiger partial charge in [-0.05, 0) is 56.1 Å². The zero-order chi connectivity index (χ0) is 19.1. The highest BCUT2D eigenvalue weighted by molar-refractivity contribution is 6.09. The first-order valence-electron chi connectivity index (χ1n) is 9.76. The van der Waals surface area contributed by atoms with Gasteiger partial charge in [0.15, 0.2) is 11.6 Å². The van der Waals surface area contributed by atoms with Crippen LogP contribution in [0.4, 0.5) is 14.5 Å². The third-order valence-electron chi connectivity index (χ3n) is 6.42.